The molecule has 0 atom stereocenters. The maximum Gasteiger partial charge on any atom is 0.399 e. The van der Waals surface area contributed by atoms with Crippen LogP contribution in [0.25, 0.3) is 0 Å². The molecule has 3 aromatic carbocycles. The lowest BCUT2D eigenvalue weighted by molar-refractivity contribution is -0.0881. The molecule has 1 radical (unpaired) electrons. The Balaban J connectivity index is 2.11. The van der Waals surface area contributed by atoms with E-state index in [9.17, 15) is 22.0 Å². The van der Waals surface area contributed by atoms with Gasteiger partial charge in [0.15, 0.2) is 9.84 Å². The second kappa shape index (κ2) is 12.4. The number of hydrogen-bond donors (Lipinski definition) is 0. The van der Waals surface area contributed by atoms with E-state index >= 15 is 0 Å². The van der Waals surface area contributed by atoms with Gasteiger partial charge in [-0.2, -0.15) is 0 Å². The van der Waals surface area contributed by atoms with Crippen molar-refractivity contribution >= 4 is 29.0 Å². The number of methoxy groups -OCH3 is 1. The van der Waals surface area contributed by atoms with Crippen molar-refractivity contribution in [2.24, 2.45) is 0 Å². The van der Waals surface area contributed by atoms with Crippen LogP contribution in [0, 0.1) is 5.25 Å². The third-order valence-corrected chi connectivity index (χ3v) is 8.72. The molecule has 0 amide bonds. The Morgan fingerprint density at radius 2 is 1.59 bits per heavy atom. The van der Waals surface area contributed by atoms with Crippen LogP contribution in [-0.2, 0) is 36.4 Å². The fourth-order valence-electron chi connectivity index (χ4n) is 3.64. The van der Waals surface area contributed by atoms with E-state index in [1.807, 2.05) is 13.8 Å². The van der Waals surface area contributed by atoms with Crippen molar-refractivity contribution in [3.05, 3.63) is 93.7 Å². The molecule has 199 valence electrons. The normalized spacial score (nSPS) is 12.2. The molecule has 3 aromatic rings. The highest BCUT2D eigenvalue weighted by Gasteiger charge is 2.35. The molecule has 0 saturated carbocycles. The lowest BCUT2D eigenvalue weighted by atomic mass is 10.0. The standard InChI is InChI=1S/C25H25ClF2O7PS/c1-17(2)33-22-9-5-4-8-20(22)25(37(30,31)24-11-7-6-10-23(24)32-3)15-18-12-13-19(21(26)14-18)16-36(29,34-27)35-28/h4-14,17H,15-16H2,1-3H3. The first-order valence-electron chi connectivity index (χ1n) is 11.0. The Morgan fingerprint density at radius 3 is 2.19 bits per heavy atom. The molecule has 0 aliphatic rings. The largest absolute Gasteiger partial charge is 0.495 e. The van der Waals surface area contributed by atoms with E-state index in [4.69, 9.17) is 21.1 Å². The number of para-hydroxylation sites is 2. The first kappa shape index (κ1) is 29.1. The van der Waals surface area contributed by atoms with Crippen LogP contribution >= 0.6 is 19.2 Å². The van der Waals surface area contributed by atoms with E-state index in [0.29, 0.717) is 16.9 Å². The molecule has 0 aliphatic heterocycles. The van der Waals surface area contributed by atoms with Crippen molar-refractivity contribution < 1.29 is 41.0 Å². The number of ether oxygens (including phenoxy) is 2. The Hall–Kier alpha value is -2.49. The van der Waals surface area contributed by atoms with Crippen molar-refractivity contribution in [1.82, 2.24) is 0 Å². The maximum atomic E-state index is 14.0. The zero-order chi connectivity index (χ0) is 27.2. The first-order valence-corrected chi connectivity index (χ1v) is 14.6. The van der Waals surface area contributed by atoms with Crippen LogP contribution < -0.4 is 9.47 Å². The molecule has 0 fully saturated rings. The average molecular weight is 574 g/mol. The van der Waals surface area contributed by atoms with E-state index in [0.717, 1.165) is 0 Å². The molecule has 0 unspecified atom stereocenters. The van der Waals surface area contributed by atoms with Crippen LogP contribution in [0.2, 0.25) is 5.02 Å². The van der Waals surface area contributed by atoms with Gasteiger partial charge < -0.3 is 9.47 Å². The van der Waals surface area contributed by atoms with Crippen molar-refractivity contribution in [1.29, 1.82) is 0 Å². The fourth-order valence-corrected chi connectivity index (χ4v) is 6.57. The van der Waals surface area contributed by atoms with Crippen LogP contribution in [0.4, 0.5) is 9.05 Å². The summed E-state index contributed by atoms with van der Waals surface area (Å²) in [5, 5.41) is 0.00880. The third-order valence-electron chi connectivity index (χ3n) is 5.29. The highest BCUT2D eigenvalue weighted by Crippen LogP contribution is 2.53. The maximum absolute atomic E-state index is 14.0. The zero-order valence-corrected chi connectivity index (χ0v) is 22.7. The molecular formula is C25H25ClF2O7PS. The van der Waals surface area contributed by atoms with Crippen LogP contribution in [0.15, 0.2) is 71.6 Å². The topological polar surface area (TPSA) is 88.1 Å². The monoisotopic (exact) mass is 573 g/mol. The summed E-state index contributed by atoms with van der Waals surface area (Å²) in [5.41, 5.74) is 0.893. The highest BCUT2D eigenvalue weighted by atomic mass is 35.5. The van der Waals surface area contributed by atoms with Crippen LogP contribution in [0.5, 0.6) is 11.5 Å². The van der Waals surface area contributed by atoms with Gasteiger partial charge in [0, 0.05) is 10.6 Å². The van der Waals surface area contributed by atoms with Crippen LogP contribution in [-0.4, -0.2) is 21.6 Å². The summed E-state index contributed by atoms with van der Waals surface area (Å²) in [6.45, 7) is 3.65. The first-order chi connectivity index (χ1) is 17.5. The molecule has 0 saturated heterocycles. The van der Waals surface area contributed by atoms with E-state index in [2.05, 4.69) is 9.46 Å². The molecule has 37 heavy (non-hydrogen) atoms. The minimum atomic E-state index is -4.67. The van der Waals surface area contributed by atoms with Gasteiger partial charge in [0.2, 0.25) is 0 Å². The van der Waals surface area contributed by atoms with Crippen molar-refractivity contribution in [3.63, 3.8) is 0 Å². The van der Waals surface area contributed by atoms with Crippen LogP contribution in [0.1, 0.15) is 30.5 Å². The van der Waals surface area contributed by atoms with E-state index in [-0.39, 0.29) is 39.0 Å². The van der Waals surface area contributed by atoms with E-state index in [1.165, 1.54) is 31.4 Å². The lowest BCUT2D eigenvalue weighted by Crippen LogP contribution is -2.20. The molecule has 7 nitrogen and oxygen atoms in total. The van der Waals surface area contributed by atoms with Gasteiger partial charge in [0.1, 0.15) is 21.6 Å². The van der Waals surface area contributed by atoms with Crippen LogP contribution in [0.3, 0.4) is 0 Å². The molecule has 0 aliphatic carbocycles. The Bertz CT molecular complexity index is 1380. The molecular weight excluding hydrogens is 549 g/mol. The third kappa shape index (κ3) is 6.89. The summed E-state index contributed by atoms with van der Waals surface area (Å²) in [4.78, 5) is -0.0318. The highest BCUT2D eigenvalue weighted by molar-refractivity contribution is 7.94. The SMILES string of the molecule is COc1ccccc1S(=O)(=O)[C](Cc1ccc(CP(=O)(OF)OF)c(Cl)c1)c1ccccc1OC(C)C. The number of rotatable bonds is 12. The van der Waals surface area contributed by atoms with Crippen molar-refractivity contribution in [3.8, 4) is 11.5 Å². The van der Waals surface area contributed by atoms with Crippen molar-refractivity contribution in [2.75, 3.05) is 7.11 Å². The quantitative estimate of drug-likeness (QED) is 0.211. The summed E-state index contributed by atoms with van der Waals surface area (Å²) in [5.74, 6) is 0.540. The van der Waals surface area contributed by atoms with Gasteiger partial charge in [0.05, 0.1) is 19.4 Å². The second-order valence-corrected chi connectivity index (χ2v) is 12.4. The predicted octanol–water partition coefficient (Wildman–Crippen LogP) is 7.23. The van der Waals surface area contributed by atoms with Gasteiger partial charge in [-0.3, -0.25) is 4.57 Å². The summed E-state index contributed by atoms with van der Waals surface area (Å²) >= 11 is 6.28. The molecule has 3 rings (SSSR count). The molecule has 12 heteroatoms. The van der Waals surface area contributed by atoms with Gasteiger partial charge in [0.25, 0.3) is 0 Å². The van der Waals surface area contributed by atoms with Gasteiger partial charge in [-0.25, -0.2) is 8.42 Å². The van der Waals surface area contributed by atoms with E-state index < -0.39 is 23.6 Å². The second-order valence-electron chi connectivity index (χ2n) is 8.25. The summed E-state index contributed by atoms with van der Waals surface area (Å²) in [7, 11) is -7.42. The minimum absolute atomic E-state index is 0.00687. The molecule has 0 N–H and O–H groups in total. The number of benzene rings is 3. The molecule has 0 heterocycles. The molecule has 0 bridgehead atoms. The van der Waals surface area contributed by atoms with Gasteiger partial charge >= 0.3 is 7.60 Å². The lowest BCUT2D eigenvalue weighted by Gasteiger charge is -2.23. The predicted molar refractivity (Wildman–Crippen MR) is 136 cm³/mol. The van der Waals surface area contributed by atoms with Gasteiger partial charge in [-0.05, 0) is 64.7 Å². The average Bonchev–Trinajstić information content (AvgIpc) is 2.88. The Morgan fingerprint density at radius 1 is 0.973 bits per heavy atom. The van der Waals surface area contributed by atoms with Gasteiger partial charge in [-0.1, -0.05) is 54.1 Å². The Labute approximate surface area is 219 Å². The fraction of sp³-hybridized carbons (Fsp3) is 0.240. The van der Waals surface area contributed by atoms with Gasteiger partial charge in [-0.15, -0.1) is 9.46 Å². The summed E-state index contributed by atoms with van der Waals surface area (Å²) in [6, 6.07) is 17.3. The zero-order valence-electron chi connectivity index (χ0n) is 20.2. The van der Waals surface area contributed by atoms with Crippen molar-refractivity contribution in [2.45, 2.75) is 37.4 Å². The number of halogens is 3. The smallest absolute Gasteiger partial charge is 0.399 e. The minimum Gasteiger partial charge on any atom is -0.495 e. The molecule has 0 aromatic heterocycles. The molecule has 0 spiro atoms. The number of hydrogen-bond acceptors (Lipinski definition) is 7. The summed E-state index contributed by atoms with van der Waals surface area (Å²) < 4.78 is 82.4. The summed E-state index contributed by atoms with van der Waals surface area (Å²) in [6.07, 6.45) is -1.10. The van der Waals surface area contributed by atoms with E-state index in [1.54, 1.807) is 42.5 Å². The number of sulfone groups is 1. The Kier molecular flexibility index (Phi) is 9.72.